The number of nitrogens with zero attached hydrogens (tertiary/aromatic N) is 2. The molecule has 0 bridgehead atoms. The summed E-state index contributed by atoms with van der Waals surface area (Å²) < 4.78 is 5.44. The van der Waals surface area contributed by atoms with Gasteiger partial charge in [0.15, 0.2) is 0 Å². The summed E-state index contributed by atoms with van der Waals surface area (Å²) in [5.41, 5.74) is 7.17. The first kappa shape index (κ1) is 13.3. The summed E-state index contributed by atoms with van der Waals surface area (Å²) in [5, 5.41) is 0. The Morgan fingerprint density at radius 1 is 1.56 bits per heavy atom. The molecule has 2 rings (SSSR count). The number of pyridine rings is 1. The third-order valence-corrected chi connectivity index (χ3v) is 3.49. The first-order chi connectivity index (χ1) is 8.70. The maximum atomic E-state index is 5.95. The van der Waals surface area contributed by atoms with Crippen LogP contribution in [0.2, 0.25) is 0 Å². The largest absolute Gasteiger partial charge is 0.377 e. The van der Waals surface area contributed by atoms with Crippen molar-refractivity contribution in [3.63, 3.8) is 0 Å². The summed E-state index contributed by atoms with van der Waals surface area (Å²) in [6, 6.07) is 4.87. The zero-order valence-electron chi connectivity index (χ0n) is 11.3. The Hall–Kier alpha value is -1.13. The van der Waals surface area contributed by atoms with Crippen LogP contribution in [0.15, 0.2) is 18.3 Å². The van der Waals surface area contributed by atoms with E-state index in [9.17, 15) is 0 Å². The third kappa shape index (κ3) is 3.21. The number of aromatic nitrogens is 1. The molecule has 2 heterocycles. The van der Waals surface area contributed by atoms with Crippen LogP contribution in [0, 0.1) is 0 Å². The van der Waals surface area contributed by atoms with Crippen molar-refractivity contribution in [2.24, 2.45) is 5.73 Å². The quantitative estimate of drug-likeness (QED) is 0.880. The van der Waals surface area contributed by atoms with Gasteiger partial charge in [-0.05, 0) is 31.4 Å². The molecule has 4 heteroatoms. The number of rotatable bonds is 4. The van der Waals surface area contributed by atoms with Crippen LogP contribution in [-0.4, -0.2) is 36.8 Å². The molecule has 100 valence electrons. The summed E-state index contributed by atoms with van der Waals surface area (Å²) in [6.45, 7) is 6.77. The van der Waals surface area contributed by atoms with Gasteiger partial charge in [0.05, 0.1) is 19.3 Å². The van der Waals surface area contributed by atoms with Crippen molar-refractivity contribution < 1.29 is 4.74 Å². The normalized spacial score (nSPS) is 21.9. The molecule has 0 saturated carbocycles. The molecule has 1 aromatic heterocycles. The Kier molecular flexibility index (Phi) is 4.55. The minimum atomic E-state index is 0.236. The fourth-order valence-electron chi connectivity index (χ4n) is 2.22. The topological polar surface area (TPSA) is 51.4 Å². The van der Waals surface area contributed by atoms with Crippen LogP contribution in [-0.2, 0) is 11.2 Å². The van der Waals surface area contributed by atoms with Gasteiger partial charge < -0.3 is 15.4 Å². The monoisotopic (exact) mass is 249 g/mol. The molecule has 1 aliphatic heterocycles. The Bertz CT molecular complexity index is 366. The van der Waals surface area contributed by atoms with Gasteiger partial charge in [-0.25, -0.2) is 4.98 Å². The van der Waals surface area contributed by atoms with Gasteiger partial charge in [0.2, 0.25) is 0 Å². The Balaban J connectivity index is 2.02. The lowest BCUT2D eigenvalue weighted by atomic mass is 10.1. The molecule has 0 aliphatic carbocycles. The Morgan fingerprint density at radius 2 is 2.39 bits per heavy atom. The highest BCUT2D eigenvalue weighted by Gasteiger charge is 2.19. The lowest BCUT2D eigenvalue weighted by Gasteiger charge is -2.34. The summed E-state index contributed by atoms with van der Waals surface area (Å²) in [4.78, 5) is 6.85. The first-order valence-electron chi connectivity index (χ1n) is 6.75. The second-order valence-corrected chi connectivity index (χ2v) is 5.01. The molecular weight excluding hydrogens is 226 g/mol. The van der Waals surface area contributed by atoms with E-state index in [1.165, 1.54) is 5.56 Å². The summed E-state index contributed by atoms with van der Waals surface area (Å²) in [5.74, 6) is 1.04. The van der Waals surface area contributed by atoms with Gasteiger partial charge in [0.25, 0.3) is 0 Å². The average Bonchev–Trinajstić information content (AvgIpc) is 2.40. The molecule has 1 aliphatic rings. The average molecular weight is 249 g/mol. The SMILES string of the molecule is CCC(N)Cc1ccc(N2CCOCC2C)nc1. The number of hydrogen-bond acceptors (Lipinski definition) is 4. The van der Waals surface area contributed by atoms with Crippen molar-refractivity contribution in [3.05, 3.63) is 23.9 Å². The standard InChI is InChI=1S/C14H23N3O/c1-3-13(15)8-12-4-5-14(16-9-12)17-6-7-18-10-11(17)2/h4-5,9,11,13H,3,6-8,10,15H2,1-2H3. The van der Waals surface area contributed by atoms with Gasteiger partial charge >= 0.3 is 0 Å². The van der Waals surface area contributed by atoms with E-state index < -0.39 is 0 Å². The van der Waals surface area contributed by atoms with E-state index in [0.717, 1.165) is 38.4 Å². The molecule has 1 aromatic rings. The minimum absolute atomic E-state index is 0.236. The molecule has 4 nitrogen and oxygen atoms in total. The summed E-state index contributed by atoms with van der Waals surface area (Å²) in [7, 11) is 0. The number of nitrogens with two attached hydrogens (primary N) is 1. The minimum Gasteiger partial charge on any atom is -0.377 e. The maximum absolute atomic E-state index is 5.95. The van der Waals surface area contributed by atoms with Gasteiger partial charge in [0, 0.05) is 18.8 Å². The van der Waals surface area contributed by atoms with E-state index in [-0.39, 0.29) is 6.04 Å². The molecule has 1 saturated heterocycles. The fourth-order valence-corrected chi connectivity index (χ4v) is 2.22. The van der Waals surface area contributed by atoms with E-state index >= 15 is 0 Å². The number of anilines is 1. The molecule has 0 spiro atoms. The van der Waals surface area contributed by atoms with E-state index in [4.69, 9.17) is 10.5 Å². The van der Waals surface area contributed by atoms with Crippen LogP contribution in [0.25, 0.3) is 0 Å². The predicted molar refractivity (Wildman–Crippen MR) is 73.8 cm³/mol. The zero-order valence-corrected chi connectivity index (χ0v) is 11.3. The Morgan fingerprint density at radius 3 is 3.00 bits per heavy atom. The van der Waals surface area contributed by atoms with Crippen LogP contribution in [0.5, 0.6) is 0 Å². The van der Waals surface area contributed by atoms with Gasteiger partial charge in [-0.15, -0.1) is 0 Å². The van der Waals surface area contributed by atoms with Crippen LogP contribution in [0.4, 0.5) is 5.82 Å². The molecule has 0 amide bonds. The van der Waals surface area contributed by atoms with Crippen molar-refractivity contribution in [2.75, 3.05) is 24.7 Å². The van der Waals surface area contributed by atoms with Crippen LogP contribution in [0.3, 0.4) is 0 Å². The molecule has 2 atom stereocenters. The smallest absolute Gasteiger partial charge is 0.128 e. The second-order valence-electron chi connectivity index (χ2n) is 5.01. The van der Waals surface area contributed by atoms with Crippen LogP contribution < -0.4 is 10.6 Å². The molecule has 1 fully saturated rings. The Labute approximate surface area is 109 Å². The highest BCUT2D eigenvalue weighted by molar-refractivity contribution is 5.41. The van der Waals surface area contributed by atoms with Crippen molar-refractivity contribution in [3.8, 4) is 0 Å². The predicted octanol–water partition coefficient (Wildman–Crippen LogP) is 1.59. The van der Waals surface area contributed by atoms with Crippen molar-refractivity contribution in [1.82, 2.24) is 4.98 Å². The molecule has 2 unspecified atom stereocenters. The highest BCUT2D eigenvalue weighted by Crippen LogP contribution is 2.17. The molecule has 2 N–H and O–H groups in total. The van der Waals surface area contributed by atoms with Gasteiger partial charge in [-0.1, -0.05) is 13.0 Å². The van der Waals surface area contributed by atoms with E-state index in [0.29, 0.717) is 6.04 Å². The van der Waals surface area contributed by atoms with E-state index in [2.05, 4.69) is 35.9 Å². The molecule has 0 radical (unpaired) electrons. The molecule has 18 heavy (non-hydrogen) atoms. The van der Waals surface area contributed by atoms with Gasteiger partial charge in [-0.2, -0.15) is 0 Å². The lowest BCUT2D eigenvalue weighted by Crippen LogP contribution is -2.44. The number of morpholine rings is 1. The van der Waals surface area contributed by atoms with Crippen LogP contribution >= 0.6 is 0 Å². The molecular formula is C14H23N3O. The van der Waals surface area contributed by atoms with E-state index in [1.54, 1.807) is 0 Å². The number of hydrogen-bond donors (Lipinski definition) is 1. The van der Waals surface area contributed by atoms with Crippen LogP contribution in [0.1, 0.15) is 25.8 Å². The summed E-state index contributed by atoms with van der Waals surface area (Å²) in [6.07, 6.45) is 3.86. The van der Waals surface area contributed by atoms with Crippen molar-refractivity contribution in [2.45, 2.75) is 38.8 Å². The second kappa shape index (κ2) is 6.16. The fraction of sp³-hybridized carbons (Fsp3) is 0.643. The third-order valence-electron chi connectivity index (χ3n) is 3.49. The van der Waals surface area contributed by atoms with Crippen molar-refractivity contribution in [1.29, 1.82) is 0 Å². The van der Waals surface area contributed by atoms with Gasteiger partial charge in [0.1, 0.15) is 5.82 Å². The lowest BCUT2D eigenvalue weighted by molar-refractivity contribution is 0.0985. The number of ether oxygens (including phenoxy) is 1. The maximum Gasteiger partial charge on any atom is 0.128 e. The summed E-state index contributed by atoms with van der Waals surface area (Å²) >= 11 is 0. The van der Waals surface area contributed by atoms with Crippen molar-refractivity contribution >= 4 is 5.82 Å². The molecule has 0 aromatic carbocycles. The van der Waals surface area contributed by atoms with Gasteiger partial charge in [-0.3, -0.25) is 0 Å². The first-order valence-corrected chi connectivity index (χ1v) is 6.75. The highest BCUT2D eigenvalue weighted by atomic mass is 16.5. The zero-order chi connectivity index (χ0) is 13.0. The van der Waals surface area contributed by atoms with E-state index in [1.807, 2.05) is 6.20 Å².